The lowest BCUT2D eigenvalue weighted by molar-refractivity contribution is -0.119. The quantitative estimate of drug-likeness (QED) is 0.719. The van der Waals surface area contributed by atoms with E-state index in [1.807, 2.05) is 30.3 Å². The van der Waals surface area contributed by atoms with Crippen molar-refractivity contribution in [1.29, 1.82) is 0 Å². The molecule has 7 heteroatoms. The van der Waals surface area contributed by atoms with E-state index in [9.17, 15) is 9.59 Å². The summed E-state index contributed by atoms with van der Waals surface area (Å²) in [6, 6.07) is 16.2. The topological polar surface area (TPSA) is 99.2 Å². The second-order valence-corrected chi connectivity index (χ2v) is 5.24. The number of hydrogen-bond acceptors (Lipinski definition) is 4. The summed E-state index contributed by atoms with van der Waals surface area (Å²) in [5.74, 6) is -0.325. The number of nitrogens with one attached hydrogen (secondary N) is 1. The Labute approximate surface area is 144 Å². The van der Waals surface area contributed by atoms with Crippen molar-refractivity contribution < 1.29 is 14.3 Å². The number of amides is 2. The van der Waals surface area contributed by atoms with Crippen LogP contribution in [0.1, 0.15) is 10.4 Å². The van der Waals surface area contributed by atoms with Crippen molar-refractivity contribution in [3.63, 3.8) is 0 Å². The van der Waals surface area contributed by atoms with Gasteiger partial charge < -0.3 is 15.8 Å². The van der Waals surface area contributed by atoms with Crippen LogP contribution in [0.25, 0.3) is 5.69 Å². The average Bonchev–Trinajstić information content (AvgIpc) is 3.12. The third kappa shape index (κ3) is 4.23. The number of primary amides is 1. The summed E-state index contributed by atoms with van der Waals surface area (Å²) in [4.78, 5) is 23.0. The molecule has 0 atom stereocenters. The Morgan fingerprint density at radius 1 is 1.08 bits per heavy atom. The molecule has 25 heavy (non-hydrogen) atoms. The van der Waals surface area contributed by atoms with Crippen LogP contribution in [0.4, 0.5) is 5.69 Å². The molecule has 2 amide bonds. The van der Waals surface area contributed by atoms with Gasteiger partial charge >= 0.3 is 0 Å². The largest absolute Gasteiger partial charge is 0.484 e. The normalized spacial score (nSPS) is 10.2. The predicted molar refractivity (Wildman–Crippen MR) is 92.6 cm³/mol. The highest BCUT2D eigenvalue weighted by Gasteiger charge is 2.10. The maximum atomic E-state index is 12.3. The second kappa shape index (κ2) is 7.31. The standard InChI is InChI=1S/C18H16N4O3/c19-17(23)12-25-16-8-6-14(7-9-16)21-18(24)13-10-20-22(11-13)15-4-2-1-3-5-15/h1-11H,12H2,(H2,19,23)(H,21,24). The minimum absolute atomic E-state index is 0.190. The molecular weight excluding hydrogens is 320 g/mol. The number of para-hydroxylation sites is 1. The summed E-state index contributed by atoms with van der Waals surface area (Å²) in [6.07, 6.45) is 3.17. The van der Waals surface area contributed by atoms with Crippen LogP contribution in [0.3, 0.4) is 0 Å². The molecule has 0 fully saturated rings. The van der Waals surface area contributed by atoms with Crippen LogP contribution in [0.2, 0.25) is 0 Å². The molecule has 0 aliphatic heterocycles. The molecule has 0 aliphatic carbocycles. The van der Waals surface area contributed by atoms with Crippen molar-refractivity contribution in [1.82, 2.24) is 9.78 Å². The molecule has 0 aliphatic rings. The van der Waals surface area contributed by atoms with Gasteiger partial charge in [0.25, 0.3) is 11.8 Å². The molecule has 2 aromatic carbocycles. The molecule has 0 bridgehead atoms. The Hall–Kier alpha value is -3.61. The first-order chi connectivity index (χ1) is 12.1. The zero-order valence-corrected chi connectivity index (χ0v) is 13.3. The lowest BCUT2D eigenvalue weighted by Gasteiger charge is -2.06. The van der Waals surface area contributed by atoms with Gasteiger partial charge in [-0.3, -0.25) is 9.59 Å². The Balaban J connectivity index is 1.64. The van der Waals surface area contributed by atoms with Crippen LogP contribution in [0, 0.1) is 0 Å². The molecule has 3 rings (SSSR count). The first kappa shape index (κ1) is 16.3. The van der Waals surface area contributed by atoms with Gasteiger partial charge in [-0.05, 0) is 36.4 Å². The van der Waals surface area contributed by atoms with Gasteiger partial charge in [-0.15, -0.1) is 0 Å². The molecule has 1 aromatic heterocycles. The highest BCUT2D eigenvalue weighted by Crippen LogP contribution is 2.17. The molecule has 7 nitrogen and oxygen atoms in total. The smallest absolute Gasteiger partial charge is 0.258 e. The van der Waals surface area contributed by atoms with E-state index >= 15 is 0 Å². The number of nitrogens with two attached hydrogens (primary N) is 1. The van der Waals surface area contributed by atoms with Gasteiger partial charge in [0.2, 0.25) is 0 Å². The number of rotatable bonds is 6. The maximum Gasteiger partial charge on any atom is 0.258 e. The molecular formula is C18H16N4O3. The van der Waals surface area contributed by atoms with Crippen molar-refractivity contribution in [3.05, 3.63) is 72.6 Å². The van der Waals surface area contributed by atoms with E-state index in [4.69, 9.17) is 10.5 Å². The van der Waals surface area contributed by atoms with Crippen molar-refractivity contribution >= 4 is 17.5 Å². The molecule has 0 radical (unpaired) electrons. The fourth-order valence-corrected chi connectivity index (χ4v) is 2.15. The van der Waals surface area contributed by atoms with Gasteiger partial charge in [-0.2, -0.15) is 5.10 Å². The van der Waals surface area contributed by atoms with Gasteiger partial charge in [0.15, 0.2) is 6.61 Å². The lowest BCUT2D eigenvalue weighted by atomic mass is 10.2. The van der Waals surface area contributed by atoms with E-state index in [1.165, 1.54) is 6.20 Å². The van der Waals surface area contributed by atoms with Crippen LogP contribution in [-0.2, 0) is 4.79 Å². The van der Waals surface area contributed by atoms with E-state index in [0.717, 1.165) is 5.69 Å². The molecule has 3 N–H and O–H groups in total. The monoisotopic (exact) mass is 336 g/mol. The van der Waals surface area contributed by atoms with Crippen molar-refractivity contribution in [2.24, 2.45) is 5.73 Å². The number of anilines is 1. The molecule has 3 aromatic rings. The number of nitrogens with zero attached hydrogens (tertiary/aromatic N) is 2. The van der Waals surface area contributed by atoms with Gasteiger partial charge in [-0.1, -0.05) is 18.2 Å². The predicted octanol–water partition coefficient (Wildman–Crippen LogP) is 1.99. The van der Waals surface area contributed by atoms with Gasteiger partial charge in [0, 0.05) is 11.9 Å². The van der Waals surface area contributed by atoms with Gasteiger partial charge in [0.1, 0.15) is 5.75 Å². The molecule has 1 heterocycles. The highest BCUT2D eigenvalue weighted by atomic mass is 16.5. The number of carbonyl (C=O) groups is 2. The van der Waals surface area contributed by atoms with Crippen LogP contribution in [0.15, 0.2) is 67.0 Å². The van der Waals surface area contributed by atoms with Crippen LogP contribution < -0.4 is 15.8 Å². The Kier molecular flexibility index (Phi) is 4.75. The van der Waals surface area contributed by atoms with Gasteiger partial charge in [0.05, 0.1) is 17.4 Å². The summed E-state index contributed by atoms with van der Waals surface area (Å²) in [6.45, 7) is -0.190. The number of ether oxygens (including phenoxy) is 1. The first-order valence-corrected chi connectivity index (χ1v) is 7.54. The number of carbonyl (C=O) groups excluding carboxylic acids is 2. The molecule has 0 saturated heterocycles. The average molecular weight is 336 g/mol. The lowest BCUT2D eigenvalue weighted by Crippen LogP contribution is -2.20. The molecule has 0 unspecified atom stereocenters. The van der Waals surface area contributed by atoms with Crippen molar-refractivity contribution in [2.75, 3.05) is 11.9 Å². The van der Waals surface area contributed by atoms with E-state index in [-0.39, 0.29) is 12.5 Å². The number of aromatic nitrogens is 2. The summed E-state index contributed by atoms with van der Waals surface area (Å²) < 4.78 is 6.80. The Bertz CT molecular complexity index is 873. The van der Waals surface area contributed by atoms with Crippen LogP contribution in [0.5, 0.6) is 5.75 Å². The summed E-state index contributed by atoms with van der Waals surface area (Å²) >= 11 is 0. The minimum atomic E-state index is -0.548. The molecule has 126 valence electrons. The van der Waals surface area contributed by atoms with Crippen LogP contribution >= 0.6 is 0 Å². The number of hydrogen-bond donors (Lipinski definition) is 2. The Morgan fingerprint density at radius 2 is 1.80 bits per heavy atom. The van der Waals surface area contributed by atoms with E-state index in [1.54, 1.807) is 35.1 Å². The maximum absolute atomic E-state index is 12.3. The zero-order valence-electron chi connectivity index (χ0n) is 13.3. The minimum Gasteiger partial charge on any atom is -0.484 e. The van der Waals surface area contributed by atoms with Gasteiger partial charge in [-0.25, -0.2) is 4.68 Å². The SMILES string of the molecule is NC(=O)COc1ccc(NC(=O)c2cnn(-c3ccccc3)c2)cc1. The van der Waals surface area contributed by atoms with E-state index < -0.39 is 5.91 Å². The highest BCUT2D eigenvalue weighted by molar-refractivity contribution is 6.04. The zero-order chi connectivity index (χ0) is 17.6. The summed E-state index contributed by atoms with van der Waals surface area (Å²) in [5, 5.41) is 6.97. The third-order valence-corrected chi connectivity index (χ3v) is 3.36. The third-order valence-electron chi connectivity index (χ3n) is 3.36. The fourth-order valence-electron chi connectivity index (χ4n) is 2.15. The van der Waals surface area contributed by atoms with E-state index in [2.05, 4.69) is 10.4 Å². The van der Waals surface area contributed by atoms with Crippen molar-refractivity contribution in [2.45, 2.75) is 0 Å². The summed E-state index contributed by atoms with van der Waals surface area (Å²) in [5.41, 5.74) is 6.93. The van der Waals surface area contributed by atoms with Crippen molar-refractivity contribution in [3.8, 4) is 11.4 Å². The first-order valence-electron chi connectivity index (χ1n) is 7.54. The Morgan fingerprint density at radius 3 is 2.48 bits per heavy atom. The molecule has 0 spiro atoms. The summed E-state index contributed by atoms with van der Waals surface area (Å²) in [7, 11) is 0. The van der Waals surface area contributed by atoms with Crippen LogP contribution in [-0.4, -0.2) is 28.2 Å². The molecule has 0 saturated carbocycles. The second-order valence-electron chi connectivity index (χ2n) is 5.24. The fraction of sp³-hybridized carbons (Fsp3) is 0.0556. The number of benzene rings is 2. The van der Waals surface area contributed by atoms with E-state index in [0.29, 0.717) is 17.0 Å².